The molecule has 0 aliphatic carbocycles. The molecule has 0 aromatic heterocycles. The average Bonchev–Trinajstić information content (AvgIpc) is 2.12. The van der Waals surface area contributed by atoms with Crippen LogP contribution in [0.25, 0.3) is 0 Å². The predicted octanol–water partition coefficient (Wildman–Crippen LogP) is 0.479. The first-order valence-corrected chi connectivity index (χ1v) is 2.54. The molecular formula is C5H7N3. The maximum absolute atomic E-state index is 3.77. The largest absolute Gasteiger partial charge is 0.223 e. The fourth-order valence-electron chi connectivity index (χ4n) is 0.414. The molecular weight excluding hydrogens is 102 g/mol. The first-order valence-electron chi connectivity index (χ1n) is 2.54. The van der Waals surface area contributed by atoms with Gasteiger partial charge in [0, 0.05) is 5.92 Å². The molecule has 1 aliphatic heterocycles. The fraction of sp³-hybridized carbons (Fsp3) is 0.600. The van der Waals surface area contributed by atoms with Crippen molar-refractivity contribution in [2.75, 3.05) is 0 Å². The monoisotopic (exact) mass is 109 g/mol. The lowest BCUT2D eigenvalue weighted by Gasteiger charge is -1.97. The third-order valence-electron chi connectivity index (χ3n) is 0.878. The smallest absolute Gasteiger partial charge is 0.206 e. The van der Waals surface area contributed by atoms with Crippen molar-refractivity contribution in [1.82, 2.24) is 5.43 Å². The number of aliphatic imine (C=N–C) groups is 1. The highest BCUT2D eigenvalue weighted by molar-refractivity contribution is 5.92. The van der Waals surface area contributed by atoms with Crippen LogP contribution in [0.3, 0.4) is 0 Å². The standard InChI is InChI=1S/C5H7N3/c1-4(2)5-6-3-7-8-5/h4H,1-2H3. The van der Waals surface area contributed by atoms with Crippen LogP contribution in [-0.2, 0) is 0 Å². The van der Waals surface area contributed by atoms with Crippen molar-refractivity contribution in [2.24, 2.45) is 16.0 Å². The summed E-state index contributed by atoms with van der Waals surface area (Å²) in [5, 5.41) is 3.46. The summed E-state index contributed by atoms with van der Waals surface area (Å²) in [7, 11) is 0. The van der Waals surface area contributed by atoms with Gasteiger partial charge in [0.2, 0.25) is 6.34 Å². The summed E-state index contributed by atoms with van der Waals surface area (Å²) in [6, 6.07) is 0. The van der Waals surface area contributed by atoms with Gasteiger partial charge >= 0.3 is 0 Å². The van der Waals surface area contributed by atoms with E-state index in [-0.39, 0.29) is 0 Å². The van der Waals surface area contributed by atoms with Crippen LogP contribution in [0.1, 0.15) is 13.8 Å². The molecule has 2 radical (unpaired) electrons. The predicted molar refractivity (Wildman–Crippen MR) is 31.8 cm³/mol. The SMILES string of the molecule is CC(C)C1=N[C]=N[N]1. The quantitative estimate of drug-likeness (QED) is 0.470. The van der Waals surface area contributed by atoms with Crippen LogP contribution in [0.2, 0.25) is 0 Å². The zero-order valence-corrected chi connectivity index (χ0v) is 4.92. The highest BCUT2D eigenvalue weighted by atomic mass is 15.4. The van der Waals surface area contributed by atoms with Crippen molar-refractivity contribution >= 4 is 12.2 Å². The van der Waals surface area contributed by atoms with Gasteiger partial charge in [-0.25, -0.2) is 4.99 Å². The van der Waals surface area contributed by atoms with Crippen molar-refractivity contribution in [3.63, 3.8) is 0 Å². The molecule has 0 saturated carbocycles. The molecule has 0 bridgehead atoms. The topological polar surface area (TPSA) is 38.8 Å². The minimum Gasteiger partial charge on any atom is -0.206 e. The van der Waals surface area contributed by atoms with Crippen LogP contribution >= 0.6 is 0 Å². The molecule has 0 aromatic rings. The number of rotatable bonds is 1. The van der Waals surface area contributed by atoms with Gasteiger partial charge in [-0.2, -0.15) is 0 Å². The molecule has 3 heteroatoms. The van der Waals surface area contributed by atoms with E-state index in [1.807, 2.05) is 13.8 Å². The van der Waals surface area contributed by atoms with Gasteiger partial charge in [0.25, 0.3) is 0 Å². The Balaban J connectivity index is 2.51. The molecule has 0 spiro atoms. The summed E-state index contributed by atoms with van der Waals surface area (Å²) >= 11 is 0. The molecule has 1 heterocycles. The van der Waals surface area contributed by atoms with Crippen molar-refractivity contribution in [3.8, 4) is 0 Å². The van der Waals surface area contributed by atoms with Gasteiger partial charge in [0.15, 0.2) is 5.84 Å². The van der Waals surface area contributed by atoms with Gasteiger partial charge < -0.3 is 0 Å². The first-order chi connectivity index (χ1) is 3.80. The molecule has 0 aromatic carbocycles. The molecule has 0 unspecified atom stereocenters. The van der Waals surface area contributed by atoms with E-state index in [2.05, 4.69) is 21.9 Å². The molecule has 0 fully saturated rings. The molecule has 42 valence electrons. The second kappa shape index (κ2) is 1.94. The lowest BCUT2D eigenvalue weighted by molar-refractivity contribution is 0.825. The van der Waals surface area contributed by atoms with E-state index >= 15 is 0 Å². The van der Waals surface area contributed by atoms with Crippen molar-refractivity contribution in [2.45, 2.75) is 13.8 Å². The Morgan fingerprint density at radius 1 is 1.50 bits per heavy atom. The lowest BCUT2D eigenvalue weighted by Crippen LogP contribution is -2.12. The maximum Gasteiger partial charge on any atom is 0.223 e. The molecule has 0 N–H and O–H groups in total. The van der Waals surface area contributed by atoms with E-state index in [9.17, 15) is 0 Å². The fourth-order valence-corrected chi connectivity index (χ4v) is 0.414. The summed E-state index contributed by atoms with van der Waals surface area (Å²) in [6.07, 6.45) is 2.40. The number of nitrogens with zero attached hydrogens (tertiary/aromatic N) is 3. The zero-order chi connectivity index (χ0) is 5.98. The van der Waals surface area contributed by atoms with Crippen LogP contribution in [-0.4, -0.2) is 12.2 Å². The third-order valence-corrected chi connectivity index (χ3v) is 0.878. The normalized spacial score (nSPS) is 16.6. The van der Waals surface area contributed by atoms with Crippen LogP contribution in [0.5, 0.6) is 0 Å². The number of amidine groups is 1. The zero-order valence-electron chi connectivity index (χ0n) is 4.92. The maximum atomic E-state index is 3.77. The summed E-state index contributed by atoms with van der Waals surface area (Å²) in [5.74, 6) is 1.14. The van der Waals surface area contributed by atoms with Gasteiger partial charge in [-0.3, -0.25) is 0 Å². The van der Waals surface area contributed by atoms with Gasteiger partial charge in [-0.1, -0.05) is 13.8 Å². The lowest BCUT2D eigenvalue weighted by atomic mass is 10.2. The van der Waals surface area contributed by atoms with Crippen molar-refractivity contribution < 1.29 is 0 Å². The number of hydrogen-bond donors (Lipinski definition) is 0. The molecule has 8 heavy (non-hydrogen) atoms. The van der Waals surface area contributed by atoms with Gasteiger partial charge in [0.05, 0.1) is 0 Å². The van der Waals surface area contributed by atoms with Gasteiger partial charge in [-0.05, 0) is 0 Å². The third kappa shape index (κ3) is 0.857. The Bertz CT molecular complexity index is 135. The molecule has 0 amide bonds. The van der Waals surface area contributed by atoms with Gasteiger partial charge in [-0.15, -0.1) is 10.5 Å². The van der Waals surface area contributed by atoms with E-state index < -0.39 is 0 Å². The Morgan fingerprint density at radius 3 is 2.50 bits per heavy atom. The van der Waals surface area contributed by atoms with E-state index in [0.29, 0.717) is 5.92 Å². The summed E-state index contributed by atoms with van der Waals surface area (Å²) in [6.45, 7) is 4.04. The number of hydrogen-bond acceptors (Lipinski definition) is 2. The Hall–Kier alpha value is -0.860. The van der Waals surface area contributed by atoms with Crippen molar-refractivity contribution in [3.05, 3.63) is 0 Å². The van der Waals surface area contributed by atoms with E-state index in [4.69, 9.17) is 0 Å². The highest BCUT2D eigenvalue weighted by Gasteiger charge is 2.07. The minimum absolute atomic E-state index is 0.369. The molecule has 0 saturated heterocycles. The minimum atomic E-state index is 0.369. The van der Waals surface area contributed by atoms with E-state index in [1.54, 1.807) is 0 Å². The summed E-state index contributed by atoms with van der Waals surface area (Å²) in [4.78, 5) is 3.77. The van der Waals surface area contributed by atoms with Crippen molar-refractivity contribution in [1.29, 1.82) is 0 Å². The summed E-state index contributed by atoms with van der Waals surface area (Å²) in [5.41, 5.74) is 3.70. The molecule has 1 aliphatic rings. The van der Waals surface area contributed by atoms with Crippen LogP contribution in [0.15, 0.2) is 10.1 Å². The van der Waals surface area contributed by atoms with E-state index in [1.165, 1.54) is 0 Å². The van der Waals surface area contributed by atoms with Gasteiger partial charge in [0.1, 0.15) is 0 Å². The second-order valence-electron chi connectivity index (χ2n) is 1.92. The highest BCUT2D eigenvalue weighted by Crippen LogP contribution is 1.97. The molecule has 0 atom stereocenters. The van der Waals surface area contributed by atoms with Crippen LogP contribution < -0.4 is 5.43 Å². The first kappa shape index (κ1) is 5.28. The second-order valence-corrected chi connectivity index (χ2v) is 1.92. The Labute approximate surface area is 48.5 Å². The average molecular weight is 109 g/mol. The molecule has 1 rings (SSSR count). The Morgan fingerprint density at radius 2 is 2.25 bits per heavy atom. The Kier molecular flexibility index (Phi) is 1.28. The van der Waals surface area contributed by atoms with E-state index in [0.717, 1.165) is 5.84 Å². The summed E-state index contributed by atoms with van der Waals surface area (Å²) < 4.78 is 0. The molecule has 3 nitrogen and oxygen atoms in total. The van der Waals surface area contributed by atoms with Crippen LogP contribution in [0, 0.1) is 5.92 Å². The van der Waals surface area contributed by atoms with Crippen LogP contribution in [0.4, 0.5) is 0 Å².